The van der Waals surface area contributed by atoms with Crippen LogP contribution in [0.5, 0.6) is 0 Å². The summed E-state index contributed by atoms with van der Waals surface area (Å²) in [6.45, 7) is 0.534. The number of halogens is 4. The number of anilines is 1. The summed E-state index contributed by atoms with van der Waals surface area (Å²) in [5.41, 5.74) is 0.116. The summed E-state index contributed by atoms with van der Waals surface area (Å²) in [4.78, 5) is 25.2. The van der Waals surface area contributed by atoms with Gasteiger partial charge in [0.05, 0.1) is 52.6 Å². The zero-order valence-corrected chi connectivity index (χ0v) is 16.0. The van der Waals surface area contributed by atoms with Crippen LogP contribution in [0.25, 0.3) is 0 Å². The van der Waals surface area contributed by atoms with Crippen molar-refractivity contribution in [2.75, 3.05) is 45.8 Å². The molecule has 0 spiro atoms. The Hall–Kier alpha value is -0.760. The van der Waals surface area contributed by atoms with Crippen molar-refractivity contribution in [1.82, 2.24) is 4.90 Å². The molecule has 1 aromatic rings. The molecule has 0 aliphatic rings. The molecule has 1 amide bonds. The summed E-state index contributed by atoms with van der Waals surface area (Å²) in [7, 11) is 2.79. The van der Waals surface area contributed by atoms with E-state index in [1.54, 1.807) is 4.90 Å². The lowest BCUT2D eigenvalue weighted by Gasteiger charge is -2.20. The lowest BCUT2D eigenvalue weighted by atomic mass is 10.3. The predicted octanol–water partition coefficient (Wildman–Crippen LogP) is 3.36. The molecule has 0 saturated carbocycles. The van der Waals surface area contributed by atoms with E-state index in [0.29, 0.717) is 13.2 Å². The largest absolute Gasteiger partial charge is 0.468 e. The molecular weight excluding hydrogens is 402 g/mol. The Balaban J connectivity index is 2.84. The first kappa shape index (κ1) is 21.3. The smallest absolute Gasteiger partial charge is 0.319 e. The third-order valence-electron chi connectivity index (χ3n) is 2.94. The van der Waals surface area contributed by atoms with Crippen molar-refractivity contribution in [3.63, 3.8) is 0 Å². The molecule has 1 rings (SSSR count). The van der Waals surface area contributed by atoms with Crippen LogP contribution >= 0.6 is 46.4 Å². The van der Waals surface area contributed by atoms with E-state index in [-0.39, 0.29) is 38.9 Å². The molecular formula is C14H16Cl4N2O4. The standard InChI is InChI=1S/C14H16Cl4N2O4/c1-23-4-3-20(7-11(22)24-2)6-10(21)19-14-12(17)8(15)5-9(16)13(14)18/h5H,3-4,6-7H2,1-2H3,(H,19,21). The first-order valence-electron chi connectivity index (χ1n) is 6.71. The van der Waals surface area contributed by atoms with Crippen molar-refractivity contribution in [3.05, 3.63) is 26.2 Å². The SMILES string of the molecule is COCCN(CC(=O)Nc1c(Cl)c(Cl)cc(Cl)c1Cl)CC(=O)OC. The van der Waals surface area contributed by atoms with Crippen LogP contribution < -0.4 is 5.32 Å². The molecule has 0 unspecified atom stereocenters. The van der Waals surface area contributed by atoms with Crippen molar-refractivity contribution < 1.29 is 19.1 Å². The van der Waals surface area contributed by atoms with E-state index in [9.17, 15) is 9.59 Å². The van der Waals surface area contributed by atoms with Gasteiger partial charge in [-0.1, -0.05) is 46.4 Å². The second-order valence-corrected chi connectivity index (χ2v) is 6.24. The Kier molecular flexibility index (Phi) is 9.12. The number of hydrogen-bond donors (Lipinski definition) is 1. The topological polar surface area (TPSA) is 67.9 Å². The maximum absolute atomic E-state index is 12.2. The number of nitrogens with zero attached hydrogens (tertiary/aromatic N) is 1. The average Bonchev–Trinajstić information content (AvgIpc) is 2.54. The minimum Gasteiger partial charge on any atom is -0.468 e. The lowest BCUT2D eigenvalue weighted by molar-refractivity contribution is -0.142. The quantitative estimate of drug-likeness (QED) is 0.518. The van der Waals surface area contributed by atoms with Gasteiger partial charge in [-0.15, -0.1) is 0 Å². The van der Waals surface area contributed by atoms with Gasteiger partial charge in [0.1, 0.15) is 0 Å². The minimum atomic E-state index is -0.472. The highest BCUT2D eigenvalue weighted by Gasteiger charge is 2.19. The van der Waals surface area contributed by atoms with Crippen LogP contribution in [-0.2, 0) is 19.1 Å². The Labute approximate surface area is 159 Å². The van der Waals surface area contributed by atoms with E-state index >= 15 is 0 Å². The van der Waals surface area contributed by atoms with Crippen molar-refractivity contribution in [3.8, 4) is 0 Å². The van der Waals surface area contributed by atoms with Crippen LogP contribution in [0.4, 0.5) is 5.69 Å². The third kappa shape index (κ3) is 6.27. The van der Waals surface area contributed by atoms with Crippen LogP contribution in [-0.4, -0.2) is 57.2 Å². The highest BCUT2D eigenvalue weighted by Crippen LogP contribution is 2.40. The van der Waals surface area contributed by atoms with Crippen LogP contribution in [0.2, 0.25) is 20.1 Å². The number of carbonyl (C=O) groups is 2. The Morgan fingerprint density at radius 2 is 1.67 bits per heavy atom. The molecule has 1 aromatic carbocycles. The van der Waals surface area contributed by atoms with Gasteiger partial charge in [-0.05, 0) is 6.07 Å². The zero-order valence-electron chi connectivity index (χ0n) is 13.0. The normalized spacial score (nSPS) is 10.8. The molecule has 1 N–H and O–H groups in total. The van der Waals surface area contributed by atoms with Gasteiger partial charge in [0.25, 0.3) is 0 Å². The van der Waals surface area contributed by atoms with Gasteiger partial charge in [-0.2, -0.15) is 0 Å². The zero-order chi connectivity index (χ0) is 18.3. The van der Waals surface area contributed by atoms with Crippen LogP contribution in [0.1, 0.15) is 0 Å². The lowest BCUT2D eigenvalue weighted by Crippen LogP contribution is -2.39. The molecule has 6 nitrogen and oxygen atoms in total. The highest BCUT2D eigenvalue weighted by atomic mass is 35.5. The molecule has 0 aliphatic carbocycles. The summed E-state index contributed by atoms with van der Waals surface area (Å²) < 4.78 is 9.55. The summed E-state index contributed by atoms with van der Waals surface area (Å²) >= 11 is 23.9. The minimum absolute atomic E-state index is 0.0644. The van der Waals surface area contributed by atoms with Gasteiger partial charge in [0.15, 0.2) is 0 Å². The maximum atomic E-state index is 12.2. The number of hydrogen-bond acceptors (Lipinski definition) is 5. The number of amides is 1. The molecule has 0 atom stereocenters. The van der Waals surface area contributed by atoms with E-state index in [0.717, 1.165) is 0 Å². The van der Waals surface area contributed by atoms with Crippen molar-refractivity contribution >= 4 is 64.0 Å². The Morgan fingerprint density at radius 3 is 2.17 bits per heavy atom. The Morgan fingerprint density at radius 1 is 1.08 bits per heavy atom. The van der Waals surface area contributed by atoms with E-state index < -0.39 is 11.9 Å². The molecule has 0 fully saturated rings. The fraction of sp³-hybridized carbons (Fsp3) is 0.429. The monoisotopic (exact) mass is 416 g/mol. The predicted molar refractivity (Wildman–Crippen MR) is 95.4 cm³/mol. The van der Waals surface area contributed by atoms with Crippen LogP contribution in [0, 0.1) is 0 Å². The third-order valence-corrected chi connectivity index (χ3v) is 4.51. The van der Waals surface area contributed by atoms with Gasteiger partial charge in [0, 0.05) is 13.7 Å². The van der Waals surface area contributed by atoms with Gasteiger partial charge in [0.2, 0.25) is 5.91 Å². The Bertz CT molecular complexity index is 587. The van der Waals surface area contributed by atoms with Crippen molar-refractivity contribution in [2.45, 2.75) is 0 Å². The molecule has 0 saturated heterocycles. The van der Waals surface area contributed by atoms with E-state index in [1.807, 2.05) is 0 Å². The second-order valence-electron chi connectivity index (χ2n) is 4.67. The summed E-state index contributed by atoms with van der Waals surface area (Å²) in [5, 5.41) is 3.03. The fourth-order valence-electron chi connectivity index (χ4n) is 1.75. The van der Waals surface area contributed by atoms with Gasteiger partial charge in [-0.25, -0.2) is 0 Å². The molecule has 0 heterocycles. The first-order chi connectivity index (χ1) is 11.3. The molecule has 24 heavy (non-hydrogen) atoms. The van der Waals surface area contributed by atoms with Gasteiger partial charge in [-0.3, -0.25) is 14.5 Å². The van der Waals surface area contributed by atoms with Crippen molar-refractivity contribution in [2.24, 2.45) is 0 Å². The van der Waals surface area contributed by atoms with Crippen LogP contribution in [0.15, 0.2) is 6.07 Å². The number of carbonyl (C=O) groups excluding carboxylic acids is 2. The molecule has 10 heteroatoms. The average molecular weight is 418 g/mol. The van der Waals surface area contributed by atoms with E-state index in [4.69, 9.17) is 51.1 Å². The number of nitrogens with one attached hydrogen (secondary N) is 1. The summed E-state index contributed by atoms with van der Waals surface area (Å²) in [6.07, 6.45) is 0. The second kappa shape index (κ2) is 10.3. The van der Waals surface area contributed by atoms with E-state index in [2.05, 4.69) is 10.1 Å². The summed E-state index contributed by atoms with van der Waals surface area (Å²) in [5.74, 6) is -0.919. The molecule has 134 valence electrons. The number of ether oxygens (including phenoxy) is 2. The molecule has 0 aliphatic heterocycles. The number of benzene rings is 1. The van der Waals surface area contributed by atoms with E-state index in [1.165, 1.54) is 20.3 Å². The molecule has 0 bridgehead atoms. The number of methoxy groups -OCH3 is 2. The number of esters is 1. The maximum Gasteiger partial charge on any atom is 0.319 e. The highest BCUT2D eigenvalue weighted by molar-refractivity contribution is 6.50. The summed E-state index contributed by atoms with van der Waals surface area (Å²) in [6, 6.07) is 1.38. The first-order valence-corrected chi connectivity index (χ1v) is 8.22. The van der Waals surface area contributed by atoms with Gasteiger partial charge >= 0.3 is 5.97 Å². The van der Waals surface area contributed by atoms with Crippen LogP contribution in [0.3, 0.4) is 0 Å². The van der Waals surface area contributed by atoms with Crippen molar-refractivity contribution in [1.29, 1.82) is 0 Å². The fourth-order valence-corrected chi connectivity index (χ4v) is 2.65. The van der Waals surface area contributed by atoms with Gasteiger partial charge < -0.3 is 14.8 Å². The molecule has 0 aromatic heterocycles. The number of rotatable bonds is 8. The molecule has 0 radical (unpaired) electrons.